The molecule has 1 aromatic carbocycles. The van der Waals surface area contributed by atoms with Gasteiger partial charge in [0.1, 0.15) is 17.6 Å². The van der Waals surface area contributed by atoms with Gasteiger partial charge in [-0.1, -0.05) is 48.2 Å². The molecule has 1 aromatic heterocycles. The van der Waals surface area contributed by atoms with Gasteiger partial charge in [0.25, 0.3) is 0 Å². The van der Waals surface area contributed by atoms with E-state index in [1.54, 1.807) is 18.2 Å². The number of nitrogens with one attached hydrogen (secondary N) is 1. The summed E-state index contributed by atoms with van der Waals surface area (Å²) in [7, 11) is 0. The monoisotopic (exact) mass is 440 g/mol. The summed E-state index contributed by atoms with van der Waals surface area (Å²) in [6, 6.07) is 13.1. The van der Waals surface area contributed by atoms with Crippen LogP contribution in [0.4, 0.5) is 0 Å². The Labute approximate surface area is 182 Å². The third-order valence-corrected chi connectivity index (χ3v) is 5.27. The molecule has 3 rings (SSSR count). The predicted molar refractivity (Wildman–Crippen MR) is 117 cm³/mol. The van der Waals surface area contributed by atoms with E-state index in [1.807, 2.05) is 36.4 Å². The normalized spacial score (nSPS) is 17.8. The third-order valence-electron chi connectivity index (χ3n) is 4.11. The fourth-order valence-electron chi connectivity index (χ4n) is 2.67. The quantitative estimate of drug-likeness (QED) is 0.456. The molecule has 2 N–H and O–H groups in total. The molecular formula is C21H20N4O5S. The van der Waals surface area contributed by atoms with E-state index in [4.69, 9.17) is 9.52 Å². The minimum absolute atomic E-state index is 0.153. The number of thioether (sulfide) groups is 1. The number of carboxylic acid groups (broad SMARTS) is 1. The summed E-state index contributed by atoms with van der Waals surface area (Å²) in [6.07, 6.45) is 6.44. The standard InChI is InChI=1S/C21H20N4O5S/c26-18(22-13-19(27)28)12-17-20(29)25(14-16-9-5-11-30-16)21(31-17)24-23-10-4-8-15-6-2-1-3-7-15/h1-11,17H,12-14H2,(H,22,26)(H,27,28)/b8-4+,23-10-,24-21-/t17-/m0/s1. The lowest BCUT2D eigenvalue weighted by molar-refractivity contribution is -0.138. The number of carboxylic acids is 1. The maximum Gasteiger partial charge on any atom is 0.322 e. The van der Waals surface area contributed by atoms with Gasteiger partial charge >= 0.3 is 5.97 Å². The van der Waals surface area contributed by atoms with Crippen molar-refractivity contribution in [2.24, 2.45) is 10.2 Å². The third kappa shape index (κ3) is 6.68. The highest BCUT2D eigenvalue weighted by Crippen LogP contribution is 2.31. The Morgan fingerprint density at radius 2 is 2.03 bits per heavy atom. The molecule has 2 heterocycles. The molecular weight excluding hydrogens is 420 g/mol. The molecule has 0 bridgehead atoms. The van der Waals surface area contributed by atoms with Crippen molar-refractivity contribution in [1.29, 1.82) is 0 Å². The minimum atomic E-state index is -1.15. The van der Waals surface area contributed by atoms with E-state index in [0.29, 0.717) is 10.9 Å². The number of furan rings is 1. The number of benzene rings is 1. The Morgan fingerprint density at radius 3 is 2.74 bits per heavy atom. The number of hydrogen-bond acceptors (Lipinski definition) is 7. The summed E-state index contributed by atoms with van der Waals surface area (Å²) in [5.74, 6) is -1.44. The number of hydrogen-bond donors (Lipinski definition) is 2. The predicted octanol–water partition coefficient (Wildman–Crippen LogP) is 2.37. The van der Waals surface area contributed by atoms with E-state index in [1.165, 1.54) is 17.4 Å². The number of rotatable bonds is 9. The molecule has 160 valence electrons. The van der Waals surface area contributed by atoms with E-state index in [2.05, 4.69) is 15.5 Å². The molecule has 31 heavy (non-hydrogen) atoms. The summed E-state index contributed by atoms with van der Waals surface area (Å²) in [6.45, 7) is -0.347. The van der Waals surface area contributed by atoms with E-state index < -0.39 is 23.7 Å². The zero-order chi connectivity index (χ0) is 22.1. The first kappa shape index (κ1) is 22.0. The van der Waals surface area contributed by atoms with Crippen LogP contribution in [0.3, 0.4) is 0 Å². The maximum atomic E-state index is 12.8. The molecule has 1 fully saturated rings. The van der Waals surface area contributed by atoms with Crippen LogP contribution in [0, 0.1) is 0 Å². The molecule has 1 saturated heterocycles. The lowest BCUT2D eigenvalue weighted by Crippen LogP contribution is -2.35. The van der Waals surface area contributed by atoms with Gasteiger partial charge in [0.05, 0.1) is 12.8 Å². The van der Waals surface area contributed by atoms with Crippen LogP contribution in [0.25, 0.3) is 6.08 Å². The van der Waals surface area contributed by atoms with Gasteiger partial charge in [0.2, 0.25) is 11.8 Å². The van der Waals surface area contributed by atoms with Crippen molar-refractivity contribution in [2.45, 2.75) is 18.2 Å². The van der Waals surface area contributed by atoms with E-state index >= 15 is 0 Å². The molecule has 1 atom stereocenters. The Balaban J connectivity index is 1.68. The van der Waals surface area contributed by atoms with Gasteiger partial charge in [-0.05, 0) is 23.8 Å². The van der Waals surface area contributed by atoms with Crippen LogP contribution < -0.4 is 5.32 Å². The van der Waals surface area contributed by atoms with Crippen LogP contribution in [-0.4, -0.2) is 51.0 Å². The van der Waals surface area contributed by atoms with Crippen LogP contribution in [0.1, 0.15) is 17.7 Å². The average Bonchev–Trinajstić information content (AvgIpc) is 3.37. The minimum Gasteiger partial charge on any atom is -0.480 e. The molecule has 0 aliphatic carbocycles. The highest BCUT2D eigenvalue weighted by molar-refractivity contribution is 8.15. The summed E-state index contributed by atoms with van der Waals surface area (Å²) in [5, 5.41) is 18.7. The Morgan fingerprint density at radius 1 is 1.23 bits per heavy atom. The van der Waals surface area contributed by atoms with Gasteiger partial charge in [0, 0.05) is 12.6 Å². The number of carbonyl (C=O) groups is 3. The zero-order valence-electron chi connectivity index (χ0n) is 16.4. The number of aliphatic carboxylic acids is 1. The molecule has 1 aliphatic heterocycles. The second-order valence-corrected chi connectivity index (χ2v) is 7.57. The summed E-state index contributed by atoms with van der Waals surface area (Å²) in [4.78, 5) is 36.8. The van der Waals surface area contributed by atoms with E-state index in [9.17, 15) is 14.4 Å². The number of allylic oxidation sites excluding steroid dienone is 1. The molecule has 9 nitrogen and oxygen atoms in total. The molecule has 10 heteroatoms. The van der Waals surface area contributed by atoms with Crippen molar-refractivity contribution in [2.75, 3.05) is 6.54 Å². The fraction of sp³-hybridized carbons (Fsp3) is 0.190. The van der Waals surface area contributed by atoms with Crippen molar-refractivity contribution in [3.8, 4) is 0 Å². The molecule has 0 saturated carbocycles. The van der Waals surface area contributed by atoms with Crippen LogP contribution in [0.5, 0.6) is 0 Å². The summed E-state index contributed by atoms with van der Waals surface area (Å²) < 4.78 is 5.31. The van der Waals surface area contributed by atoms with Gasteiger partial charge in [0.15, 0.2) is 5.17 Å². The first-order chi connectivity index (χ1) is 15.0. The highest BCUT2D eigenvalue weighted by atomic mass is 32.2. The van der Waals surface area contributed by atoms with Crippen LogP contribution in [0.15, 0.2) is 69.4 Å². The van der Waals surface area contributed by atoms with Crippen molar-refractivity contribution in [1.82, 2.24) is 10.2 Å². The summed E-state index contributed by atoms with van der Waals surface area (Å²) >= 11 is 1.10. The topological polar surface area (TPSA) is 125 Å². The van der Waals surface area contributed by atoms with Crippen LogP contribution >= 0.6 is 11.8 Å². The molecule has 0 radical (unpaired) electrons. The molecule has 1 aliphatic rings. The molecule has 0 spiro atoms. The van der Waals surface area contributed by atoms with Crippen molar-refractivity contribution >= 4 is 47.0 Å². The van der Waals surface area contributed by atoms with Gasteiger partial charge in [-0.15, -0.1) is 5.10 Å². The Hall–Kier alpha value is -3.66. The van der Waals surface area contributed by atoms with Crippen molar-refractivity contribution in [3.63, 3.8) is 0 Å². The van der Waals surface area contributed by atoms with Gasteiger partial charge in [-0.3, -0.25) is 19.3 Å². The average molecular weight is 440 g/mol. The number of nitrogens with zero attached hydrogens (tertiary/aromatic N) is 3. The van der Waals surface area contributed by atoms with E-state index in [-0.39, 0.29) is 18.9 Å². The number of amides is 2. The van der Waals surface area contributed by atoms with Crippen LogP contribution in [-0.2, 0) is 20.9 Å². The molecule has 2 aromatic rings. The lowest BCUT2D eigenvalue weighted by Gasteiger charge is -2.13. The number of amidine groups is 1. The largest absolute Gasteiger partial charge is 0.480 e. The second kappa shape index (κ2) is 10.9. The number of carbonyl (C=O) groups excluding carboxylic acids is 2. The zero-order valence-corrected chi connectivity index (χ0v) is 17.2. The van der Waals surface area contributed by atoms with Gasteiger partial charge < -0.3 is 14.8 Å². The Bertz CT molecular complexity index is 1000. The van der Waals surface area contributed by atoms with Crippen molar-refractivity contribution < 1.29 is 23.9 Å². The van der Waals surface area contributed by atoms with Crippen LogP contribution in [0.2, 0.25) is 0 Å². The smallest absolute Gasteiger partial charge is 0.322 e. The van der Waals surface area contributed by atoms with Gasteiger partial charge in [-0.2, -0.15) is 5.10 Å². The lowest BCUT2D eigenvalue weighted by atomic mass is 10.2. The first-order valence-corrected chi connectivity index (χ1v) is 10.2. The molecule has 0 unspecified atom stereocenters. The first-order valence-electron chi connectivity index (χ1n) is 9.34. The maximum absolute atomic E-state index is 12.8. The highest BCUT2D eigenvalue weighted by Gasteiger charge is 2.39. The molecule has 2 amide bonds. The van der Waals surface area contributed by atoms with E-state index in [0.717, 1.165) is 17.3 Å². The second-order valence-electron chi connectivity index (χ2n) is 6.40. The fourth-order valence-corrected chi connectivity index (χ4v) is 3.77. The summed E-state index contributed by atoms with van der Waals surface area (Å²) in [5.41, 5.74) is 1.01. The Kier molecular flexibility index (Phi) is 7.77. The van der Waals surface area contributed by atoms with Crippen molar-refractivity contribution in [3.05, 3.63) is 66.1 Å². The SMILES string of the molecule is O=C(O)CNC(=O)C[C@@H]1S\C(=N/N=C\C=C\c2ccccc2)N(Cc2ccco2)C1=O. The van der Waals surface area contributed by atoms with Gasteiger partial charge in [-0.25, -0.2) is 0 Å².